The Morgan fingerprint density at radius 1 is 0.267 bits per heavy atom. The normalized spacial score (nSPS) is 16.3. The predicted octanol–water partition coefficient (Wildman–Crippen LogP) is 12.9. The van der Waals surface area contributed by atoms with E-state index in [4.69, 9.17) is 15.0 Å². The molecule has 0 N–H and O–H groups in total. The van der Waals surface area contributed by atoms with E-state index in [1.54, 1.807) is 0 Å². The third-order valence-electron chi connectivity index (χ3n) is 11.9. The molecule has 0 saturated heterocycles. The molecule has 6 nitrogen and oxygen atoms in total. The topological polar surface area (TPSA) is 77.3 Å². The van der Waals surface area contributed by atoms with E-state index in [1.165, 1.54) is 33.4 Å². The zero-order valence-electron chi connectivity index (χ0n) is 33.1. The Morgan fingerprint density at radius 2 is 0.550 bits per heavy atom. The van der Waals surface area contributed by atoms with Gasteiger partial charge in [-0.25, -0.2) is 0 Å². The Labute approximate surface area is 350 Å². The highest BCUT2D eigenvalue weighted by Crippen LogP contribution is 2.52. The monoisotopic (exact) mass is 774 g/mol. The number of pyridine rings is 6. The molecule has 6 heteroatoms. The molecule has 0 bridgehead atoms. The van der Waals surface area contributed by atoms with E-state index >= 15 is 0 Å². The summed E-state index contributed by atoms with van der Waals surface area (Å²) in [4.78, 5) is 28.3. The summed E-state index contributed by atoms with van der Waals surface area (Å²) in [6.45, 7) is 0. The van der Waals surface area contributed by atoms with Crippen LogP contribution in [0.1, 0.15) is 53.7 Å². The van der Waals surface area contributed by atoms with Gasteiger partial charge in [0.15, 0.2) is 0 Å². The molecule has 1 aliphatic carbocycles. The second-order valence-corrected chi connectivity index (χ2v) is 15.5. The average molecular weight is 775 g/mol. The van der Waals surface area contributed by atoms with Crippen LogP contribution in [0.2, 0.25) is 0 Å². The minimum atomic E-state index is 0.288. The quantitative estimate of drug-likeness (QED) is 0.145. The molecule has 0 aliphatic heterocycles. The van der Waals surface area contributed by atoms with Gasteiger partial charge in [-0.15, -0.1) is 0 Å². The highest BCUT2D eigenvalue weighted by molar-refractivity contribution is 5.73. The first-order valence-electron chi connectivity index (χ1n) is 20.7. The summed E-state index contributed by atoms with van der Waals surface area (Å²) in [7, 11) is 0. The van der Waals surface area contributed by atoms with E-state index in [0.717, 1.165) is 70.1 Å². The van der Waals surface area contributed by atoms with Crippen molar-refractivity contribution in [3.63, 3.8) is 0 Å². The molecular formula is C54H42N6. The van der Waals surface area contributed by atoms with E-state index in [9.17, 15) is 0 Å². The zero-order chi connectivity index (χ0) is 40.1. The highest BCUT2D eigenvalue weighted by Gasteiger charge is 2.34. The van der Waals surface area contributed by atoms with Crippen LogP contribution < -0.4 is 0 Å². The van der Waals surface area contributed by atoms with Crippen molar-refractivity contribution in [2.24, 2.45) is 0 Å². The molecule has 1 fully saturated rings. The van der Waals surface area contributed by atoms with Crippen LogP contribution in [0, 0.1) is 0 Å². The molecule has 3 aromatic carbocycles. The van der Waals surface area contributed by atoms with Crippen LogP contribution in [0.25, 0.3) is 67.5 Å². The Morgan fingerprint density at radius 3 is 0.817 bits per heavy atom. The summed E-state index contributed by atoms with van der Waals surface area (Å²) in [5.74, 6) is 0.863. The molecule has 0 spiro atoms. The van der Waals surface area contributed by atoms with Crippen molar-refractivity contribution >= 4 is 0 Å². The maximum Gasteiger partial charge on any atom is 0.0886 e. The minimum absolute atomic E-state index is 0.288. The number of nitrogens with zero attached hydrogens (tertiary/aromatic N) is 6. The zero-order valence-corrected chi connectivity index (χ0v) is 33.1. The van der Waals surface area contributed by atoms with E-state index in [0.29, 0.717) is 0 Å². The Bertz CT molecular complexity index is 2510. The molecule has 1 saturated carbocycles. The number of aromatic nitrogens is 6. The van der Waals surface area contributed by atoms with Crippen molar-refractivity contribution in [1.82, 2.24) is 29.9 Å². The smallest absolute Gasteiger partial charge is 0.0886 e. The molecule has 60 heavy (non-hydrogen) atoms. The van der Waals surface area contributed by atoms with E-state index in [2.05, 4.69) is 124 Å². The molecular weight excluding hydrogens is 733 g/mol. The first-order chi connectivity index (χ1) is 29.7. The van der Waals surface area contributed by atoms with Crippen LogP contribution >= 0.6 is 0 Å². The van der Waals surface area contributed by atoms with Gasteiger partial charge in [-0.1, -0.05) is 109 Å². The van der Waals surface area contributed by atoms with Gasteiger partial charge < -0.3 is 0 Å². The van der Waals surface area contributed by atoms with Gasteiger partial charge in [0.1, 0.15) is 0 Å². The highest BCUT2D eigenvalue weighted by atomic mass is 14.8. The summed E-state index contributed by atoms with van der Waals surface area (Å²) in [5.41, 5.74) is 16.3. The van der Waals surface area contributed by atoms with Crippen LogP contribution in [-0.4, -0.2) is 29.9 Å². The molecule has 0 radical (unpaired) electrons. The Kier molecular flexibility index (Phi) is 10.3. The van der Waals surface area contributed by atoms with Crippen LogP contribution in [0.3, 0.4) is 0 Å². The van der Waals surface area contributed by atoms with Gasteiger partial charge in [-0.3, -0.25) is 29.9 Å². The second-order valence-electron chi connectivity index (χ2n) is 15.5. The molecule has 288 valence electrons. The summed E-state index contributed by atoms with van der Waals surface area (Å²) < 4.78 is 0. The van der Waals surface area contributed by atoms with Gasteiger partial charge in [0.05, 0.1) is 34.2 Å². The van der Waals surface area contributed by atoms with Gasteiger partial charge in [0.2, 0.25) is 0 Å². The molecule has 10 rings (SSSR count). The maximum absolute atomic E-state index is 4.90. The fraction of sp³-hybridized carbons (Fsp3) is 0.111. The molecule has 0 atom stereocenters. The van der Waals surface area contributed by atoms with Gasteiger partial charge in [-0.2, -0.15) is 0 Å². The first kappa shape index (κ1) is 36.9. The number of rotatable bonds is 9. The van der Waals surface area contributed by atoms with Gasteiger partial charge in [-0.05, 0) is 125 Å². The largest absolute Gasteiger partial charge is 0.255 e. The third-order valence-corrected chi connectivity index (χ3v) is 11.9. The molecule has 9 aromatic rings. The van der Waals surface area contributed by atoms with Crippen LogP contribution in [0.4, 0.5) is 0 Å². The maximum atomic E-state index is 4.90. The molecule has 0 unspecified atom stereocenters. The van der Waals surface area contributed by atoms with Crippen molar-refractivity contribution in [2.75, 3.05) is 0 Å². The first-order valence-corrected chi connectivity index (χ1v) is 20.7. The molecule has 6 heterocycles. The standard InChI is InChI=1S/C54H42N6/c1-4-16-46(43(13-1)37-22-25-52(58-34-37)49-19-7-10-28-55-49)40-31-41(47-17-5-2-14-44(47)38-23-26-53(59-35-38)50-20-8-11-29-56-50)33-42(32-40)48-18-6-3-15-45(48)39-24-27-54(60-36-39)51-21-9-12-30-57-51/h1-30,34-36,40-42H,31-33H2. The van der Waals surface area contributed by atoms with Crippen LogP contribution in [-0.2, 0) is 0 Å². The molecule has 0 amide bonds. The van der Waals surface area contributed by atoms with Gasteiger partial charge in [0.25, 0.3) is 0 Å². The van der Waals surface area contributed by atoms with Crippen LogP contribution in [0.15, 0.2) is 201 Å². The SMILES string of the molecule is c1ccc(-c2ccc(-c3ccccc3C3CC(c4ccccc4-c4ccc(-c5ccccn5)nc4)CC(c4ccccc4-c4ccc(-c5ccccn5)nc4)C3)cn2)nc1. The third kappa shape index (κ3) is 7.63. The lowest BCUT2D eigenvalue weighted by atomic mass is 9.66. The van der Waals surface area contributed by atoms with E-state index in [-0.39, 0.29) is 17.8 Å². The predicted molar refractivity (Wildman–Crippen MR) is 241 cm³/mol. The summed E-state index contributed by atoms with van der Waals surface area (Å²) in [5, 5.41) is 0. The number of benzene rings is 3. The average Bonchev–Trinajstić information content (AvgIpc) is 3.35. The molecule has 6 aromatic heterocycles. The number of hydrogen-bond donors (Lipinski definition) is 0. The lowest BCUT2D eigenvalue weighted by molar-refractivity contribution is 0.353. The van der Waals surface area contributed by atoms with E-state index < -0.39 is 0 Å². The lowest BCUT2D eigenvalue weighted by Crippen LogP contribution is -2.21. The van der Waals surface area contributed by atoms with Gasteiger partial charge >= 0.3 is 0 Å². The summed E-state index contributed by atoms with van der Waals surface area (Å²) >= 11 is 0. The summed E-state index contributed by atoms with van der Waals surface area (Å²) in [6, 6.07) is 57.5. The van der Waals surface area contributed by atoms with E-state index in [1.807, 2.05) is 91.8 Å². The van der Waals surface area contributed by atoms with Crippen molar-refractivity contribution in [3.05, 3.63) is 218 Å². The van der Waals surface area contributed by atoms with Crippen molar-refractivity contribution in [1.29, 1.82) is 0 Å². The Hall–Kier alpha value is -7.44. The fourth-order valence-corrected chi connectivity index (χ4v) is 9.09. The van der Waals surface area contributed by atoms with Crippen LogP contribution in [0.5, 0.6) is 0 Å². The number of hydrogen-bond acceptors (Lipinski definition) is 6. The fourth-order valence-electron chi connectivity index (χ4n) is 9.09. The van der Waals surface area contributed by atoms with Crippen molar-refractivity contribution in [2.45, 2.75) is 37.0 Å². The summed E-state index contributed by atoms with van der Waals surface area (Å²) in [6.07, 6.45) is 14.5. The van der Waals surface area contributed by atoms with Crippen molar-refractivity contribution in [3.8, 4) is 67.5 Å². The Balaban J connectivity index is 1.04. The molecule has 1 aliphatic rings. The van der Waals surface area contributed by atoms with Crippen molar-refractivity contribution < 1.29 is 0 Å². The van der Waals surface area contributed by atoms with Gasteiger partial charge in [0, 0.05) is 53.9 Å². The second kappa shape index (κ2) is 16.8. The lowest BCUT2D eigenvalue weighted by Gasteiger charge is -2.38. The minimum Gasteiger partial charge on any atom is -0.255 e.